The Hall–Kier alpha value is -1.52. The predicted molar refractivity (Wildman–Crippen MR) is 143 cm³/mol. The van der Waals surface area contributed by atoms with Gasteiger partial charge in [-0.25, -0.2) is 0 Å². The van der Waals surface area contributed by atoms with Crippen LogP contribution in [0, 0.1) is 5.41 Å². The number of hydrogen-bond donors (Lipinski definition) is 1. The van der Waals surface area contributed by atoms with Gasteiger partial charge >= 0.3 is 5.97 Å². The summed E-state index contributed by atoms with van der Waals surface area (Å²) in [4.78, 5) is 34.3. The predicted octanol–water partition coefficient (Wildman–Crippen LogP) is 4.86. The van der Waals surface area contributed by atoms with E-state index in [0.29, 0.717) is 57.3 Å². The average molecular weight is 642 g/mol. The summed E-state index contributed by atoms with van der Waals surface area (Å²) in [7, 11) is 0. The zero-order valence-electron chi connectivity index (χ0n) is 19.8. The van der Waals surface area contributed by atoms with E-state index in [-0.39, 0.29) is 18.4 Å². The molecule has 1 unspecified atom stereocenters. The molecule has 2 aromatic rings. The molecule has 0 saturated carbocycles. The monoisotopic (exact) mass is 639 g/mol. The number of carbonyl (C=O) groups is 2. The lowest BCUT2D eigenvalue weighted by atomic mass is 9.77. The number of benzene rings is 1. The number of halogens is 3. The molecule has 1 N–H and O–H groups in total. The van der Waals surface area contributed by atoms with Gasteiger partial charge in [0, 0.05) is 66.0 Å². The largest absolute Gasteiger partial charge is 0.481 e. The molecule has 5 rings (SSSR count). The number of nitrogens with zero attached hydrogens (tertiary/aromatic N) is 3. The first-order valence-electron chi connectivity index (χ1n) is 12.2. The highest BCUT2D eigenvalue weighted by molar-refractivity contribution is 9.10. The normalized spacial score (nSPS) is 21.9. The van der Waals surface area contributed by atoms with Gasteiger partial charge in [0.1, 0.15) is 0 Å². The molecule has 3 aliphatic rings. The number of fused-ring (bicyclic) bond motifs is 2. The Morgan fingerprint density at radius 2 is 1.78 bits per heavy atom. The van der Waals surface area contributed by atoms with Crippen LogP contribution in [-0.4, -0.2) is 71.2 Å². The summed E-state index contributed by atoms with van der Waals surface area (Å²) in [6, 6.07) is 6.08. The molecule has 3 heterocycles. The minimum atomic E-state index is -1.02. The van der Waals surface area contributed by atoms with Crippen LogP contribution in [-0.2, 0) is 27.2 Å². The Morgan fingerprint density at radius 1 is 1.08 bits per heavy atom. The highest BCUT2D eigenvalue weighted by Gasteiger charge is 2.43. The number of aryl methyl sites for hydroxylation is 2. The van der Waals surface area contributed by atoms with Gasteiger partial charge in [-0.3, -0.25) is 19.5 Å². The smallest absolute Gasteiger partial charge is 0.310 e. The number of carbonyl (C=O) groups excluding carboxylic acids is 1. The molecule has 1 amide bonds. The Labute approximate surface area is 232 Å². The molecule has 0 radical (unpaired) electrons. The van der Waals surface area contributed by atoms with Gasteiger partial charge in [-0.05, 0) is 76.5 Å². The third-order valence-electron chi connectivity index (χ3n) is 7.77. The van der Waals surface area contributed by atoms with Crippen molar-refractivity contribution < 1.29 is 19.4 Å². The van der Waals surface area contributed by atoms with Crippen LogP contribution in [0.25, 0.3) is 0 Å². The van der Waals surface area contributed by atoms with E-state index in [1.807, 2.05) is 17.2 Å². The molecule has 7 nitrogen and oxygen atoms in total. The van der Waals surface area contributed by atoms with Crippen molar-refractivity contribution in [2.45, 2.75) is 38.1 Å². The van der Waals surface area contributed by atoms with Crippen molar-refractivity contribution in [2.75, 3.05) is 39.4 Å². The van der Waals surface area contributed by atoms with Crippen LogP contribution in [0.5, 0.6) is 0 Å². The lowest BCUT2D eigenvalue weighted by Crippen LogP contribution is -2.52. The molecular weight excluding hydrogens is 614 g/mol. The van der Waals surface area contributed by atoms with E-state index in [4.69, 9.17) is 21.3 Å². The Morgan fingerprint density at radius 3 is 2.47 bits per heavy atom. The van der Waals surface area contributed by atoms with Gasteiger partial charge in [0.15, 0.2) is 0 Å². The fourth-order valence-electron chi connectivity index (χ4n) is 5.71. The number of amides is 1. The molecule has 10 heteroatoms. The molecule has 1 aliphatic carbocycles. The van der Waals surface area contributed by atoms with Crippen molar-refractivity contribution in [3.8, 4) is 0 Å². The van der Waals surface area contributed by atoms with E-state index in [1.165, 1.54) is 16.7 Å². The second-order valence-corrected chi connectivity index (χ2v) is 12.1. The number of pyridine rings is 1. The van der Waals surface area contributed by atoms with E-state index in [0.717, 1.165) is 27.5 Å². The average Bonchev–Trinajstić information content (AvgIpc) is 3.01. The number of hydrogen-bond acceptors (Lipinski definition) is 5. The number of rotatable bonds is 4. The standard InChI is InChI=1S/C26H28Br2ClN3O4/c27-18-11-17-2-1-16-12-19(29)13-20(28)22(16)24(23(17)30-15-18)32-7-5-31(6-8-32)21(33)14-26(25(34)35)3-9-36-10-4-26/h11-13,15,24H,1-10,14H2,(H,34,35). The van der Waals surface area contributed by atoms with Gasteiger partial charge in [0.05, 0.1) is 17.2 Å². The number of aliphatic carboxylic acids is 1. The van der Waals surface area contributed by atoms with Gasteiger partial charge in [-0.2, -0.15) is 0 Å². The first-order valence-corrected chi connectivity index (χ1v) is 14.2. The fourth-order valence-corrected chi connectivity index (χ4v) is 7.18. The second-order valence-electron chi connectivity index (χ2n) is 9.85. The molecule has 192 valence electrons. The van der Waals surface area contributed by atoms with Gasteiger partial charge < -0.3 is 14.7 Å². The van der Waals surface area contributed by atoms with Crippen LogP contribution >= 0.6 is 43.5 Å². The molecule has 1 aromatic carbocycles. The van der Waals surface area contributed by atoms with Crippen LogP contribution in [0.1, 0.15) is 47.7 Å². The molecule has 2 aliphatic heterocycles. The lowest BCUT2D eigenvalue weighted by Gasteiger charge is -2.41. The molecule has 1 aromatic heterocycles. The maximum Gasteiger partial charge on any atom is 0.310 e. The van der Waals surface area contributed by atoms with Crippen LogP contribution in [0.3, 0.4) is 0 Å². The third kappa shape index (κ3) is 5.10. The van der Waals surface area contributed by atoms with Crippen LogP contribution in [0.4, 0.5) is 0 Å². The van der Waals surface area contributed by atoms with Crippen molar-refractivity contribution in [3.05, 3.63) is 60.7 Å². The van der Waals surface area contributed by atoms with E-state index in [9.17, 15) is 14.7 Å². The van der Waals surface area contributed by atoms with Crippen molar-refractivity contribution in [3.63, 3.8) is 0 Å². The molecule has 0 spiro atoms. The number of aromatic nitrogens is 1. The van der Waals surface area contributed by atoms with E-state index < -0.39 is 11.4 Å². The zero-order chi connectivity index (χ0) is 25.4. The number of ether oxygens (including phenoxy) is 1. The molecule has 2 saturated heterocycles. The summed E-state index contributed by atoms with van der Waals surface area (Å²) in [6.45, 7) is 3.21. The number of carboxylic acids is 1. The van der Waals surface area contributed by atoms with Gasteiger partial charge in [-0.15, -0.1) is 0 Å². The molecule has 2 fully saturated rings. The molecular formula is C26H28Br2ClN3O4. The zero-order valence-corrected chi connectivity index (χ0v) is 23.7. The highest BCUT2D eigenvalue weighted by atomic mass is 79.9. The van der Waals surface area contributed by atoms with Crippen LogP contribution < -0.4 is 0 Å². The molecule has 1 atom stereocenters. The summed E-state index contributed by atoms with van der Waals surface area (Å²) in [5, 5.41) is 10.6. The maximum atomic E-state index is 13.2. The summed E-state index contributed by atoms with van der Waals surface area (Å²) < 4.78 is 7.28. The highest BCUT2D eigenvalue weighted by Crippen LogP contribution is 2.42. The van der Waals surface area contributed by atoms with Crippen LogP contribution in [0.15, 0.2) is 33.3 Å². The SMILES string of the molecule is O=C(CC1(C(=O)O)CCOCC1)N1CCN(C2c3ncc(Br)cc3CCc3cc(Cl)cc(Br)c32)CC1. The minimum absolute atomic E-state index is 0.0282. The minimum Gasteiger partial charge on any atom is -0.481 e. The van der Waals surface area contributed by atoms with E-state index in [2.05, 4.69) is 48.9 Å². The maximum absolute atomic E-state index is 13.2. The quantitative estimate of drug-likeness (QED) is 0.514. The summed E-state index contributed by atoms with van der Waals surface area (Å²) >= 11 is 13.8. The molecule has 36 heavy (non-hydrogen) atoms. The second kappa shape index (κ2) is 10.7. The fraction of sp³-hybridized carbons (Fsp3) is 0.500. The Balaban J connectivity index is 1.38. The number of carboxylic acid groups (broad SMARTS) is 1. The van der Waals surface area contributed by atoms with E-state index in [1.54, 1.807) is 0 Å². The van der Waals surface area contributed by atoms with Crippen molar-refractivity contribution >= 4 is 55.3 Å². The first-order chi connectivity index (χ1) is 17.3. The molecule has 0 bridgehead atoms. The topological polar surface area (TPSA) is 83.0 Å². The van der Waals surface area contributed by atoms with Gasteiger partial charge in [-0.1, -0.05) is 27.5 Å². The van der Waals surface area contributed by atoms with E-state index >= 15 is 0 Å². The van der Waals surface area contributed by atoms with Gasteiger partial charge in [0.2, 0.25) is 5.91 Å². The Bertz CT molecular complexity index is 1180. The van der Waals surface area contributed by atoms with Crippen LogP contribution in [0.2, 0.25) is 5.02 Å². The van der Waals surface area contributed by atoms with Crippen molar-refractivity contribution in [1.29, 1.82) is 0 Å². The van der Waals surface area contributed by atoms with Crippen molar-refractivity contribution in [1.82, 2.24) is 14.8 Å². The van der Waals surface area contributed by atoms with Gasteiger partial charge in [0.25, 0.3) is 0 Å². The Kier molecular flexibility index (Phi) is 7.75. The third-order valence-corrected chi connectivity index (χ3v) is 9.08. The summed E-state index contributed by atoms with van der Waals surface area (Å²) in [5.41, 5.74) is 3.60. The first kappa shape index (κ1) is 26.1. The lowest BCUT2D eigenvalue weighted by molar-refractivity contribution is -0.160. The summed E-state index contributed by atoms with van der Waals surface area (Å²) in [5.74, 6) is -0.985. The summed E-state index contributed by atoms with van der Waals surface area (Å²) in [6.07, 6.45) is 4.37. The number of piperazine rings is 1. The van der Waals surface area contributed by atoms with Crippen molar-refractivity contribution in [2.24, 2.45) is 5.41 Å².